The summed E-state index contributed by atoms with van der Waals surface area (Å²) in [4.78, 5) is 13.4. The number of aliphatic hydroxyl groups is 1. The summed E-state index contributed by atoms with van der Waals surface area (Å²) in [5, 5.41) is 10.4. The molecule has 1 aliphatic heterocycles. The minimum atomic E-state index is -0.597. The number of halogens is 1. The summed E-state index contributed by atoms with van der Waals surface area (Å²) < 4.78 is 23.1. The molecule has 8 heteroatoms. The minimum absolute atomic E-state index is 0.0390. The highest BCUT2D eigenvalue weighted by molar-refractivity contribution is 5.75. The van der Waals surface area contributed by atoms with E-state index >= 15 is 0 Å². The number of nitrogens with zero attached hydrogens (tertiary/aromatic N) is 4. The number of alkyl halides is 1. The van der Waals surface area contributed by atoms with Crippen LogP contribution in [0.15, 0.2) is 67.1 Å². The number of piperazine rings is 1. The first-order chi connectivity index (χ1) is 16.2. The Kier molecular flexibility index (Phi) is 8.05. The van der Waals surface area contributed by atoms with Crippen molar-refractivity contribution in [2.45, 2.75) is 6.10 Å². The molecular weight excluding hydrogens is 423 g/mol. The van der Waals surface area contributed by atoms with Gasteiger partial charge in [0.15, 0.2) is 0 Å². The third kappa shape index (κ3) is 6.40. The monoisotopic (exact) mass is 452 g/mol. The van der Waals surface area contributed by atoms with Crippen LogP contribution in [0.25, 0.3) is 11.1 Å². The van der Waals surface area contributed by atoms with E-state index < -0.39 is 12.8 Å². The van der Waals surface area contributed by atoms with Crippen molar-refractivity contribution in [1.29, 1.82) is 0 Å². The molecule has 0 bridgehead atoms. The van der Waals surface area contributed by atoms with E-state index in [4.69, 9.17) is 9.47 Å². The number of ether oxygens (including phenoxy) is 2. The van der Waals surface area contributed by atoms with Gasteiger partial charge in [0.05, 0.1) is 0 Å². The number of aliphatic hydroxyl groups excluding tert-OH is 1. The number of β-amino-alcohol motifs (C(OH)–C–C–N with tert-alkyl or cyclic N) is 1. The van der Waals surface area contributed by atoms with Gasteiger partial charge < -0.3 is 19.5 Å². The summed E-state index contributed by atoms with van der Waals surface area (Å²) in [7, 11) is 0. The van der Waals surface area contributed by atoms with Crippen LogP contribution in [0.3, 0.4) is 0 Å². The van der Waals surface area contributed by atoms with Crippen molar-refractivity contribution < 1.29 is 19.0 Å². The van der Waals surface area contributed by atoms with Crippen LogP contribution in [0.2, 0.25) is 0 Å². The van der Waals surface area contributed by atoms with Gasteiger partial charge in [-0.15, -0.1) is 0 Å². The number of pyridine rings is 2. The van der Waals surface area contributed by atoms with E-state index in [0.717, 1.165) is 43.1 Å². The molecule has 174 valence electrons. The van der Waals surface area contributed by atoms with Gasteiger partial charge in [-0.2, -0.15) is 0 Å². The zero-order chi connectivity index (χ0) is 22.9. The number of rotatable bonds is 10. The lowest BCUT2D eigenvalue weighted by atomic mass is 10.1. The quantitative estimate of drug-likeness (QED) is 0.507. The average molecular weight is 453 g/mol. The summed E-state index contributed by atoms with van der Waals surface area (Å²) in [5.74, 6) is 2.20. The molecule has 1 fully saturated rings. The fraction of sp³-hybridized carbons (Fsp3) is 0.360. The van der Waals surface area contributed by atoms with Crippen LogP contribution < -0.4 is 14.4 Å². The predicted molar refractivity (Wildman–Crippen MR) is 126 cm³/mol. The summed E-state index contributed by atoms with van der Waals surface area (Å²) in [6, 6.07) is 15.0. The van der Waals surface area contributed by atoms with Gasteiger partial charge >= 0.3 is 0 Å². The molecule has 0 radical (unpaired) electrons. The first-order valence-corrected chi connectivity index (χ1v) is 11.2. The molecule has 0 spiro atoms. The number of anilines is 1. The van der Waals surface area contributed by atoms with Crippen molar-refractivity contribution in [2.24, 2.45) is 0 Å². The normalized spacial score (nSPS) is 15.3. The Morgan fingerprint density at radius 2 is 1.67 bits per heavy atom. The fourth-order valence-corrected chi connectivity index (χ4v) is 3.87. The van der Waals surface area contributed by atoms with Gasteiger partial charge in [-0.05, 0) is 42.5 Å². The standard InChI is InChI=1S/C25H29FN4O3/c26-9-16-32-22-5-7-23(8-6-22)33-19-21(31)18-29-12-14-30(15-13-29)25-24(4-2-11-28-25)20-3-1-10-27-17-20/h1-8,10-11,17,21,31H,9,12-16,18-19H2. The molecule has 1 N–H and O–H groups in total. The van der Waals surface area contributed by atoms with E-state index in [0.29, 0.717) is 18.0 Å². The van der Waals surface area contributed by atoms with E-state index in [9.17, 15) is 9.50 Å². The van der Waals surface area contributed by atoms with Gasteiger partial charge in [-0.3, -0.25) is 9.88 Å². The van der Waals surface area contributed by atoms with Crippen molar-refractivity contribution in [3.8, 4) is 22.6 Å². The maximum atomic E-state index is 12.2. The first kappa shape index (κ1) is 22.9. The molecule has 4 rings (SSSR count). The highest BCUT2D eigenvalue weighted by Gasteiger charge is 2.22. The van der Waals surface area contributed by atoms with Gasteiger partial charge in [0.25, 0.3) is 0 Å². The summed E-state index contributed by atoms with van der Waals surface area (Å²) in [6.45, 7) is 3.60. The van der Waals surface area contributed by atoms with Crippen LogP contribution in [-0.4, -0.2) is 78.7 Å². The van der Waals surface area contributed by atoms with Crippen LogP contribution in [0.5, 0.6) is 11.5 Å². The van der Waals surface area contributed by atoms with E-state index in [1.807, 2.05) is 30.6 Å². The molecule has 3 aromatic rings. The van der Waals surface area contributed by atoms with Crippen molar-refractivity contribution in [3.05, 3.63) is 67.1 Å². The lowest BCUT2D eigenvalue weighted by Crippen LogP contribution is -2.49. The second-order valence-electron chi connectivity index (χ2n) is 7.88. The largest absolute Gasteiger partial charge is 0.491 e. The Hall–Kier alpha value is -3.23. The fourth-order valence-electron chi connectivity index (χ4n) is 3.87. The molecule has 1 atom stereocenters. The lowest BCUT2D eigenvalue weighted by Gasteiger charge is -2.37. The third-order valence-electron chi connectivity index (χ3n) is 5.51. The van der Waals surface area contributed by atoms with Crippen LogP contribution >= 0.6 is 0 Å². The Bertz CT molecular complexity index is 982. The summed E-state index contributed by atoms with van der Waals surface area (Å²) in [5.41, 5.74) is 2.13. The SMILES string of the molecule is OC(COc1ccc(OCCF)cc1)CN1CCN(c2ncccc2-c2cccnc2)CC1. The molecule has 3 heterocycles. The number of hydrogen-bond acceptors (Lipinski definition) is 7. The van der Waals surface area contributed by atoms with E-state index in [-0.39, 0.29) is 13.2 Å². The van der Waals surface area contributed by atoms with Gasteiger partial charge in [-0.25, -0.2) is 9.37 Å². The van der Waals surface area contributed by atoms with Gasteiger partial charge in [0.2, 0.25) is 0 Å². The zero-order valence-electron chi connectivity index (χ0n) is 18.5. The Morgan fingerprint density at radius 1 is 0.939 bits per heavy atom. The van der Waals surface area contributed by atoms with Gasteiger partial charge in [-0.1, -0.05) is 6.07 Å². The molecule has 1 saturated heterocycles. The summed E-state index contributed by atoms with van der Waals surface area (Å²) in [6.07, 6.45) is 4.85. The number of benzene rings is 1. The molecule has 2 aromatic heterocycles. The van der Waals surface area contributed by atoms with E-state index in [1.54, 1.807) is 30.5 Å². The molecule has 1 aromatic carbocycles. The zero-order valence-corrected chi connectivity index (χ0v) is 18.5. The van der Waals surface area contributed by atoms with Gasteiger partial charge in [0, 0.05) is 62.4 Å². The number of aromatic nitrogens is 2. The Labute approximate surface area is 193 Å². The number of hydrogen-bond donors (Lipinski definition) is 1. The molecular formula is C25H29FN4O3. The molecule has 0 saturated carbocycles. The van der Waals surface area contributed by atoms with E-state index in [1.165, 1.54) is 0 Å². The predicted octanol–water partition coefficient (Wildman–Crippen LogP) is 3.05. The Morgan fingerprint density at radius 3 is 2.36 bits per heavy atom. The molecule has 1 unspecified atom stereocenters. The molecule has 0 amide bonds. The van der Waals surface area contributed by atoms with E-state index in [2.05, 4.69) is 25.8 Å². The molecule has 7 nitrogen and oxygen atoms in total. The van der Waals surface area contributed by atoms with Gasteiger partial charge in [0.1, 0.15) is 43.3 Å². The van der Waals surface area contributed by atoms with Crippen LogP contribution in [0.1, 0.15) is 0 Å². The van der Waals surface area contributed by atoms with Crippen molar-refractivity contribution in [3.63, 3.8) is 0 Å². The van der Waals surface area contributed by atoms with Crippen molar-refractivity contribution >= 4 is 5.82 Å². The minimum Gasteiger partial charge on any atom is -0.491 e. The second-order valence-corrected chi connectivity index (χ2v) is 7.88. The van der Waals surface area contributed by atoms with Crippen molar-refractivity contribution in [2.75, 3.05) is 57.5 Å². The lowest BCUT2D eigenvalue weighted by molar-refractivity contribution is 0.0662. The van der Waals surface area contributed by atoms with Crippen molar-refractivity contribution in [1.82, 2.24) is 14.9 Å². The highest BCUT2D eigenvalue weighted by Crippen LogP contribution is 2.28. The highest BCUT2D eigenvalue weighted by atomic mass is 19.1. The van der Waals surface area contributed by atoms with Crippen LogP contribution in [-0.2, 0) is 0 Å². The molecule has 0 aliphatic carbocycles. The maximum absolute atomic E-state index is 12.2. The first-order valence-electron chi connectivity index (χ1n) is 11.2. The summed E-state index contributed by atoms with van der Waals surface area (Å²) >= 11 is 0. The smallest absolute Gasteiger partial charge is 0.136 e. The molecule has 33 heavy (non-hydrogen) atoms. The third-order valence-corrected chi connectivity index (χ3v) is 5.51. The topological polar surface area (TPSA) is 71.0 Å². The van der Waals surface area contributed by atoms with Crippen LogP contribution in [0, 0.1) is 0 Å². The maximum Gasteiger partial charge on any atom is 0.136 e. The average Bonchev–Trinajstić information content (AvgIpc) is 2.88. The second kappa shape index (κ2) is 11.6. The van der Waals surface area contributed by atoms with Crippen LogP contribution in [0.4, 0.5) is 10.2 Å². The Balaban J connectivity index is 1.24. The molecule has 1 aliphatic rings.